The minimum absolute atomic E-state index is 0.236. The Balaban J connectivity index is 1.79. The molecule has 5 heteroatoms. The van der Waals surface area contributed by atoms with Gasteiger partial charge in [-0.15, -0.1) is 0 Å². The zero-order valence-electron chi connectivity index (χ0n) is 13.9. The van der Waals surface area contributed by atoms with E-state index in [1.165, 1.54) is 18.3 Å². The second kappa shape index (κ2) is 7.47. The van der Waals surface area contributed by atoms with Crippen LogP contribution in [-0.2, 0) is 4.79 Å². The Bertz CT molecular complexity index is 763. The molecule has 1 aliphatic heterocycles. The quantitative estimate of drug-likeness (QED) is 0.894. The molecule has 1 saturated heterocycles. The van der Waals surface area contributed by atoms with Crippen LogP contribution in [0.3, 0.4) is 0 Å². The molecule has 25 heavy (non-hydrogen) atoms. The number of carbonyl (C=O) groups is 1. The summed E-state index contributed by atoms with van der Waals surface area (Å²) in [5.41, 5.74) is 0.111. The largest absolute Gasteiger partial charge is 0.481 e. The van der Waals surface area contributed by atoms with Crippen molar-refractivity contribution in [2.75, 3.05) is 18.0 Å². The summed E-state index contributed by atoms with van der Waals surface area (Å²) in [7, 11) is 0. The first-order chi connectivity index (χ1) is 12.1. The van der Waals surface area contributed by atoms with Crippen LogP contribution in [0.15, 0.2) is 54.7 Å². The number of nitrogens with zero attached hydrogens (tertiary/aromatic N) is 2. The van der Waals surface area contributed by atoms with Gasteiger partial charge in [0.15, 0.2) is 11.6 Å². The second-order valence-electron chi connectivity index (χ2n) is 6.44. The van der Waals surface area contributed by atoms with Gasteiger partial charge in [0.1, 0.15) is 0 Å². The van der Waals surface area contributed by atoms with E-state index >= 15 is 0 Å². The highest BCUT2D eigenvalue weighted by molar-refractivity contribution is 5.76. The van der Waals surface area contributed by atoms with Crippen LogP contribution < -0.4 is 4.90 Å². The van der Waals surface area contributed by atoms with Crippen molar-refractivity contribution in [2.24, 2.45) is 5.41 Å². The summed E-state index contributed by atoms with van der Waals surface area (Å²) in [6, 6.07) is 12.7. The van der Waals surface area contributed by atoms with Gasteiger partial charge >= 0.3 is 5.97 Å². The molecule has 0 aliphatic carbocycles. The lowest BCUT2D eigenvalue weighted by Gasteiger charge is -2.40. The van der Waals surface area contributed by atoms with E-state index in [-0.39, 0.29) is 12.4 Å². The van der Waals surface area contributed by atoms with Gasteiger partial charge in [0, 0.05) is 19.3 Å². The zero-order valence-corrected chi connectivity index (χ0v) is 13.9. The lowest BCUT2D eigenvalue weighted by molar-refractivity contribution is -0.149. The molecule has 1 aliphatic rings. The Morgan fingerprint density at radius 2 is 2.08 bits per heavy atom. The van der Waals surface area contributed by atoms with Crippen molar-refractivity contribution in [1.82, 2.24) is 4.98 Å². The molecular formula is C20H21FN2O2. The Morgan fingerprint density at radius 3 is 2.80 bits per heavy atom. The van der Waals surface area contributed by atoms with Crippen molar-refractivity contribution < 1.29 is 14.3 Å². The number of rotatable bonds is 5. The fraction of sp³-hybridized carbons (Fsp3) is 0.300. The van der Waals surface area contributed by atoms with E-state index in [9.17, 15) is 14.3 Å². The highest BCUT2D eigenvalue weighted by atomic mass is 19.1. The summed E-state index contributed by atoms with van der Waals surface area (Å²) in [6.07, 6.45) is 7.05. The number of aliphatic carboxylic acids is 1. The molecule has 0 radical (unpaired) electrons. The first kappa shape index (κ1) is 17.1. The number of aromatic nitrogens is 1. The van der Waals surface area contributed by atoms with Crippen LogP contribution in [0.4, 0.5) is 10.2 Å². The Labute approximate surface area is 146 Å². The van der Waals surface area contributed by atoms with Gasteiger partial charge in [0.05, 0.1) is 5.41 Å². The third-order valence-electron chi connectivity index (χ3n) is 4.69. The molecule has 2 aromatic rings. The molecule has 0 spiro atoms. The minimum atomic E-state index is -0.923. The Kier molecular flexibility index (Phi) is 5.12. The molecule has 130 valence electrons. The standard InChI is InChI=1S/C20H21FN2O2/c21-17-10-5-13-22-18(17)23-14-6-12-20(15-23,19(24)25)11-4-9-16-7-2-1-3-8-16/h1-5,7-10,13H,6,11-12,14-15H2,(H,24,25)/b9-4+. The first-order valence-corrected chi connectivity index (χ1v) is 8.41. The van der Waals surface area contributed by atoms with Crippen LogP contribution in [-0.4, -0.2) is 29.1 Å². The number of halogens is 1. The first-order valence-electron chi connectivity index (χ1n) is 8.41. The lowest BCUT2D eigenvalue weighted by Crippen LogP contribution is -2.48. The number of allylic oxidation sites excluding steroid dienone is 1. The number of piperidine rings is 1. The summed E-state index contributed by atoms with van der Waals surface area (Å²) in [4.78, 5) is 17.9. The molecule has 4 nitrogen and oxygen atoms in total. The Morgan fingerprint density at radius 1 is 1.28 bits per heavy atom. The smallest absolute Gasteiger partial charge is 0.311 e. The highest BCUT2D eigenvalue weighted by Gasteiger charge is 2.42. The number of carboxylic acid groups (broad SMARTS) is 1. The van der Waals surface area contributed by atoms with Gasteiger partial charge in [-0.1, -0.05) is 42.5 Å². The van der Waals surface area contributed by atoms with Crippen molar-refractivity contribution in [3.63, 3.8) is 0 Å². The van der Waals surface area contributed by atoms with Crippen LogP contribution in [0.2, 0.25) is 0 Å². The summed E-state index contributed by atoms with van der Waals surface area (Å²) < 4.78 is 14.0. The number of pyridine rings is 1. The third kappa shape index (κ3) is 3.87. The normalized spacial score (nSPS) is 20.8. The summed E-state index contributed by atoms with van der Waals surface area (Å²) >= 11 is 0. The maximum Gasteiger partial charge on any atom is 0.311 e. The number of hydrogen-bond acceptors (Lipinski definition) is 3. The van der Waals surface area contributed by atoms with Crippen LogP contribution in [0.1, 0.15) is 24.8 Å². The van der Waals surface area contributed by atoms with Crippen molar-refractivity contribution in [3.05, 3.63) is 66.1 Å². The van der Waals surface area contributed by atoms with E-state index in [0.717, 1.165) is 5.56 Å². The summed E-state index contributed by atoms with van der Waals surface area (Å²) in [6.45, 7) is 0.876. The lowest BCUT2D eigenvalue weighted by atomic mass is 9.77. The van der Waals surface area contributed by atoms with E-state index in [1.807, 2.05) is 42.5 Å². The molecule has 3 rings (SSSR count). The molecule has 1 fully saturated rings. The molecule has 1 aromatic carbocycles. The van der Waals surface area contributed by atoms with Crippen molar-refractivity contribution in [3.8, 4) is 0 Å². The van der Waals surface area contributed by atoms with Gasteiger partial charge in [-0.2, -0.15) is 0 Å². The van der Waals surface area contributed by atoms with E-state index in [1.54, 1.807) is 4.90 Å². The second-order valence-corrected chi connectivity index (χ2v) is 6.44. The summed E-state index contributed by atoms with van der Waals surface area (Å²) in [5, 5.41) is 9.85. The number of anilines is 1. The van der Waals surface area contributed by atoms with Crippen LogP contribution in [0.25, 0.3) is 6.08 Å². The van der Waals surface area contributed by atoms with E-state index < -0.39 is 17.2 Å². The third-order valence-corrected chi connectivity index (χ3v) is 4.69. The van der Waals surface area contributed by atoms with Crippen LogP contribution in [0.5, 0.6) is 0 Å². The predicted octanol–water partition coefficient (Wildman–Crippen LogP) is 4.00. The molecule has 0 saturated carbocycles. The SMILES string of the molecule is O=C(O)C1(C/C=C/c2ccccc2)CCCN(c2ncccc2F)C1. The number of benzene rings is 1. The van der Waals surface area contributed by atoms with E-state index in [0.29, 0.717) is 25.8 Å². The molecule has 1 N–H and O–H groups in total. The average Bonchev–Trinajstić information content (AvgIpc) is 2.63. The molecule has 0 amide bonds. The fourth-order valence-electron chi connectivity index (χ4n) is 3.34. The molecule has 1 atom stereocenters. The number of hydrogen-bond donors (Lipinski definition) is 1. The van der Waals surface area contributed by atoms with Gasteiger partial charge in [-0.05, 0) is 37.0 Å². The van der Waals surface area contributed by atoms with Crippen LogP contribution >= 0.6 is 0 Å². The van der Waals surface area contributed by atoms with Crippen molar-refractivity contribution in [2.45, 2.75) is 19.3 Å². The predicted molar refractivity (Wildman–Crippen MR) is 95.8 cm³/mol. The summed E-state index contributed by atoms with van der Waals surface area (Å²) in [5.74, 6) is -1.02. The van der Waals surface area contributed by atoms with Crippen molar-refractivity contribution in [1.29, 1.82) is 0 Å². The van der Waals surface area contributed by atoms with Gasteiger partial charge in [-0.3, -0.25) is 4.79 Å². The zero-order chi connectivity index (χ0) is 17.7. The maximum absolute atomic E-state index is 14.0. The molecule has 1 aromatic heterocycles. The van der Waals surface area contributed by atoms with Crippen LogP contribution in [0, 0.1) is 11.2 Å². The Hall–Kier alpha value is -2.69. The maximum atomic E-state index is 14.0. The number of carboxylic acids is 1. The fourth-order valence-corrected chi connectivity index (χ4v) is 3.34. The molecular weight excluding hydrogens is 319 g/mol. The van der Waals surface area contributed by atoms with Crippen molar-refractivity contribution >= 4 is 17.9 Å². The van der Waals surface area contributed by atoms with E-state index in [4.69, 9.17) is 0 Å². The van der Waals surface area contributed by atoms with Gasteiger partial charge in [-0.25, -0.2) is 9.37 Å². The van der Waals surface area contributed by atoms with Gasteiger partial charge < -0.3 is 10.0 Å². The average molecular weight is 340 g/mol. The van der Waals surface area contributed by atoms with Gasteiger partial charge in [0.25, 0.3) is 0 Å². The monoisotopic (exact) mass is 340 g/mol. The molecule has 0 bridgehead atoms. The highest BCUT2D eigenvalue weighted by Crippen LogP contribution is 2.36. The van der Waals surface area contributed by atoms with Gasteiger partial charge in [0.2, 0.25) is 0 Å². The molecule has 1 unspecified atom stereocenters. The minimum Gasteiger partial charge on any atom is -0.481 e. The molecule has 2 heterocycles. The van der Waals surface area contributed by atoms with E-state index in [2.05, 4.69) is 4.98 Å². The topological polar surface area (TPSA) is 53.4 Å².